The van der Waals surface area contributed by atoms with E-state index >= 15 is 0 Å². The van der Waals surface area contributed by atoms with Crippen molar-refractivity contribution in [2.45, 2.75) is 38.5 Å². The van der Waals surface area contributed by atoms with Gasteiger partial charge in [-0.15, -0.1) is 0 Å². The van der Waals surface area contributed by atoms with Crippen LogP contribution < -0.4 is 10.1 Å². The Kier molecular flexibility index (Phi) is 5.57. The summed E-state index contributed by atoms with van der Waals surface area (Å²) in [6.07, 6.45) is 1.34. The summed E-state index contributed by atoms with van der Waals surface area (Å²) in [4.78, 5) is 0. The van der Waals surface area contributed by atoms with Gasteiger partial charge in [0.05, 0.1) is 13.4 Å². The van der Waals surface area contributed by atoms with Crippen LogP contribution in [0.1, 0.15) is 43.7 Å². The second kappa shape index (κ2) is 7.42. The minimum atomic E-state index is -0.676. The van der Waals surface area contributed by atoms with Gasteiger partial charge in [0.2, 0.25) is 0 Å². The van der Waals surface area contributed by atoms with Crippen LogP contribution in [-0.2, 0) is 0 Å². The van der Waals surface area contributed by atoms with E-state index in [1.54, 1.807) is 24.3 Å². The number of methoxy groups -OCH3 is 1. The molecule has 0 saturated heterocycles. The summed E-state index contributed by atoms with van der Waals surface area (Å²) in [5, 5.41) is 13.3. The first-order chi connectivity index (χ1) is 10.5. The van der Waals surface area contributed by atoms with Crippen LogP contribution in [0, 0.1) is 5.82 Å². The van der Waals surface area contributed by atoms with Crippen LogP contribution in [0.25, 0.3) is 0 Å². The fourth-order valence-corrected chi connectivity index (χ4v) is 2.50. The maximum Gasteiger partial charge on any atom is 0.132 e. The van der Waals surface area contributed by atoms with Crippen molar-refractivity contribution in [3.8, 4) is 5.75 Å². The molecular weight excluding hydrogens is 285 g/mol. The van der Waals surface area contributed by atoms with E-state index < -0.39 is 6.10 Å². The molecular formula is C17H22FNO3. The zero-order valence-electron chi connectivity index (χ0n) is 13.0. The van der Waals surface area contributed by atoms with Crippen LogP contribution >= 0.6 is 0 Å². The monoisotopic (exact) mass is 307 g/mol. The second-order valence-corrected chi connectivity index (χ2v) is 5.44. The van der Waals surface area contributed by atoms with Crippen molar-refractivity contribution in [2.24, 2.45) is 0 Å². The number of hydrogen-bond donors (Lipinski definition) is 2. The Morgan fingerprint density at radius 1 is 1.32 bits per heavy atom. The minimum absolute atomic E-state index is 0.00315. The number of hydrogen-bond acceptors (Lipinski definition) is 4. The lowest BCUT2D eigenvalue weighted by atomic mass is 10.0. The van der Waals surface area contributed by atoms with Crippen molar-refractivity contribution < 1.29 is 18.7 Å². The number of nitrogens with one attached hydrogen (secondary N) is 1. The molecule has 0 bridgehead atoms. The molecule has 120 valence electrons. The van der Waals surface area contributed by atoms with E-state index in [0.29, 0.717) is 23.5 Å². The molecule has 0 amide bonds. The molecule has 0 aliphatic rings. The molecule has 0 saturated carbocycles. The van der Waals surface area contributed by atoms with Crippen molar-refractivity contribution in [1.29, 1.82) is 0 Å². The first-order valence-electron chi connectivity index (χ1n) is 7.32. The molecule has 0 spiro atoms. The Balaban J connectivity index is 1.94. The average Bonchev–Trinajstić information content (AvgIpc) is 3.00. The van der Waals surface area contributed by atoms with Crippen LogP contribution in [0.3, 0.4) is 0 Å². The normalized spacial score (nSPS) is 15.3. The van der Waals surface area contributed by atoms with Crippen LogP contribution in [0.4, 0.5) is 4.39 Å². The molecule has 2 rings (SSSR count). The largest absolute Gasteiger partial charge is 0.497 e. The highest BCUT2D eigenvalue weighted by atomic mass is 19.1. The van der Waals surface area contributed by atoms with E-state index in [4.69, 9.17) is 9.15 Å². The summed E-state index contributed by atoms with van der Waals surface area (Å²) in [5.74, 6) is 0.727. The number of aliphatic hydroxyl groups is 1. The van der Waals surface area contributed by atoms with Crippen LogP contribution in [0.15, 0.2) is 41.0 Å². The quantitative estimate of drug-likeness (QED) is 0.821. The molecule has 4 nitrogen and oxygen atoms in total. The van der Waals surface area contributed by atoms with Gasteiger partial charge in [0.15, 0.2) is 0 Å². The molecule has 1 heterocycles. The number of rotatable bonds is 7. The number of furan rings is 1. The van der Waals surface area contributed by atoms with E-state index in [0.717, 1.165) is 0 Å². The summed E-state index contributed by atoms with van der Waals surface area (Å²) in [5.41, 5.74) is 0.570. The molecule has 0 radical (unpaired) electrons. The van der Waals surface area contributed by atoms with Crippen molar-refractivity contribution in [2.75, 3.05) is 7.11 Å². The van der Waals surface area contributed by atoms with Crippen molar-refractivity contribution in [1.82, 2.24) is 5.32 Å². The lowest BCUT2D eigenvalue weighted by Crippen LogP contribution is -2.30. The van der Waals surface area contributed by atoms with Gasteiger partial charge in [0.25, 0.3) is 0 Å². The predicted octanol–water partition coefficient (Wildman–Crippen LogP) is 3.59. The van der Waals surface area contributed by atoms with Crippen LogP contribution in [0.5, 0.6) is 5.75 Å². The summed E-state index contributed by atoms with van der Waals surface area (Å²) in [7, 11) is 1.51. The van der Waals surface area contributed by atoms with E-state index in [-0.39, 0.29) is 17.9 Å². The van der Waals surface area contributed by atoms with Gasteiger partial charge in [0.1, 0.15) is 23.4 Å². The minimum Gasteiger partial charge on any atom is -0.497 e. The van der Waals surface area contributed by atoms with Gasteiger partial charge < -0.3 is 19.6 Å². The Morgan fingerprint density at radius 2 is 2.09 bits per heavy atom. The Morgan fingerprint density at radius 3 is 2.68 bits per heavy atom. The standard InChI is InChI=1S/C17H22FNO3/c1-11(9-16(20)17-5-4-8-22-17)19-12(2)14-7-6-13(21-3)10-15(14)18/h4-8,10-12,16,19-20H,9H2,1-3H3. The van der Waals surface area contributed by atoms with Gasteiger partial charge in [-0.1, -0.05) is 6.07 Å². The van der Waals surface area contributed by atoms with Crippen molar-refractivity contribution in [3.05, 3.63) is 53.7 Å². The number of aliphatic hydroxyl groups excluding tert-OH is 1. The number of halogens is 1. The third-order valence-corrected chi connectivity index (χ3v) is 3.66. The van der Waals surface area contributed by atoms with Gasteiger partial charge >= 0.3 is 0 Å². The van der Waals surface area contributed by atoms with Crippen LogP contribution in [-0.4, -0.2) is 18.3 Å². The highest BCUT2D eigenvalue weighted by Crippen LogP contribution is 2.24. The summed E-state index contributed by atoms with van der Waals surface area (Å²) in [6.45, 7) is 3.84. The topological polar surface area (TPSA) is 54.6 Å². The number of ether oxygens (including phenoxy) is 1. The molecule has 22 heavy (non-hydrogen) atoms. The zero-order chi connectivity index (χ0) is 16.1. The van der Waals surface area contributed by atoms with Gasteiger partial charge in [0, 0.05) is 23.7 Å². The SMILES string of the molecule is COc1ccc(C(C)NC(C)CC(O)c2ccco2)c(F)c1. The molecule has 0 aliphatic carbocycles. The molecule has 0 aliphatic heterocycles. The highest BCUT2D eigenvalue weighted by molar-refractivity contribution is 5.30. The van der Waals surface area contributed by atoms with E-state index in [1.165, 1.54) is 19.4 Å². The maximum atomic E-state index is 14.0. The molecule has 2 aromatic rings. The highest BCUT2D eigenvalue weighted by Gasteiger charge is 2.18. The molecule has 1 aromatic heterocycles. The molecule has 5 heteroatoms. The van der Waals surface area contributed by atoms with Gasteiger partial charge in [-0.3, -0.25) is 0 Å². The molecule has 2 N–H and O–H groups in total. The van der Waals surface area contributed by atoms with Crippen LogP contribution in [0.2, 0.25) is 0 Å². The summed E-state index contributed by atoms with van der Waals surface area (Å²) >= 11 is 0. The van der Waals surface area contributed by atoms with Crippen molar-refractivity contribution in [3.63, 3.8) is 0 Å². The fraction of sp³-hybridized carbons (Fsp3) is 0.412. The summed E-state index contributed by atoms with van der Waals surface area (Å²) < 4.78 is 24.2. The van der Waals surface area contributed by atoms with Gasteiger partial charge in [-0.05, 0) is 38.5 Å². The lowest BCUT2D eigenvalue weighted by Gasteiger charge is -2.22. The third kappa shape index (κ3) is 4.08. The molecule has 1 aromatic carbocycles. The number of benzene rings is 1. The Labute approximate surface area is 129 Å². The summed E-state index contributed by atoms with van der Waals surface area (Å²) in [6, 6.07) is 8.12. The maximum absolute atomic E-state index is 14.0. The van der Waals surface area contributed by atoms with Crippen molar-refractivity contribution >= 4 is 0 Å². The average molecular weight is 307 g/mol. The zero-order valence-corrected chi connectivity index (χ0v) is 13.0. The molecule has 0 fully saturated rings. The van der Waals surface area contributed by atoms with E-state index in [9.17, 15) is 9.50 Å². The molecule has 3 unspecified atom stereocenters. The second-order valence-electron chi connectivity index (χ2n) is 5.44. The third-order valence-electron chi connectivity index (χ3n) is 3.66. The predicted molar refractivity (Wildman–Crippen MR) is 82.2 cm³/mol. The lowest BCUT2D eigenvalue weighted by molar-refractivity contribution is 0.127. The fourth-order valence-electron chi connectivity index (χ4n) is 2.50. The van der Waals surface area contributed by atoms with E-state index in [2.05, 4.69) is 5.32 Å². The Hall–Kier alpha value is -1.85. The van der Waals surface area contributed by atoms with E-state index in [1.807, 2.05) is 13.8 Å². The first kappa shape index (κ1) is 16.5. The first-order valence-corrected chi connectivity index (χ1v) is 7.32. The van der Waals surface area contributed by atoms with Gasteiger partial charge in [-0.25, -0.2) is 4.39 Å². The Bertz CT molecular complexity index is 586. The van der Waals surface area contributed by atoms with Gasteiger partial charge in [-0.2, -0.15) is 0 Å². The molecule has 3 atom stereocenters. The smallest absolute Gasteiger partial charge is 0.132 e.